The Morgan fingerprint density at radius 1 is 1.46 bits per heavy atom. The molecule has 76 valence electrons. The molecule has 1 fully saturated rings. The summed E-state index contributed by atoms with van der Waals surface area (Å²) in [5, 5.41) is 10.1. The summed E-state index contributed by atoms with van der Waals surface area (Å²) in [7, 11) is 0. The lowest BCUT2D eigenvalue weighted by Crippen LogP contribution is -2.34. The van der Waals surface area contributed by atoms with E-state index in [0.717, 1.165) is 24.3 Å². The lowest BCUT2D eigenvalue weighted by atomic mass is 9.74. The second-order valence-corrected chi connectivity index (χ2v) is 4.54. The Morgan fingerprint density at radius 2 is 2.00 bits per heavy atom. The molecule has 0 amide bonds. The molecule has 0 spiro atoms. The maximum Gasteiger partial charge on any atom is 0.0851 e. The van der Waals surface area contributed by atoms with E-state index in [1.807, 2.05) is 6.92 Å². The zero-order chi connectivity index (χ0) is 9.90. The van der Waals surface area contributed by atoms with Crippen LogP contribution in [0.5, 0.6) is 0 Å². The average Bonchev–Trinajstić information content (AvgIpc) is 2.09. The van der Waals surface area contributed by atoms with Gasteiger partial charge in [-0.05, 0) is 44.1 Å². The van der Waals surface area contributed by atoms with Crippen LogP contribution in [0.1, 0.15) is 52.4 Å². The molecule has 0 saturated heterocycles. The molecule has 13 heavy (non-hydrogen) atoms. The van der Waals surface area contributed by atoms with Gasteiger partial charge in [0.05, 0.1) is 5.60 Å². The van der Waals surface area contributed by atoms with Crippen molar-refractivity contribution in [2.75, 3.05) is 0 Å². The van der Waals surface area contributed by atoms with Crippen LogP contribution in [0, 0.1) is 5.92 Å². The Bertz CT molecular complexity index is 176. The molecule has 0 unspecified atom stereocenters. The summed E-state index contributed by atoms with van der Waals surface area (Å²) in [6.45, 7) is 8.05. The molecular formula is C12H22O. The van der Waals surface area contributed by atoms with Crippen LogP contribution in [-0.2, 0) is 0 Å². The maximum atomic E-state index is 10.1. The molecule has 0 heterocycles. The molecule has 0 bridgehead atoms. The third-order valence-corrected chi connectivity index (χ3v) is 3.42. The highest BCUT2D eigenvalue weighted by atomic mass is 16.3. The van der Waals surface area contributed by atoms with Crippen molar-refractivity contribution in [2.45, 2.75) is 58.0 Å². The van der Waals surface area contributed by atoms with Crippen LogP contribution < -0.4 is 0 Å². The van der Waals surface area contributed by atoms with Gasteiger partial charge in [-0.3, -0.25) is 0 Å². The van der Waals surface area contributed by atoms with E-state index >= 15 is 0 Å². The molecule has 1 nitrogen and oxygen atoms in total. The Hall–Kier alpha value is -0.300. The van der Waals surface area contributed by atoms with Crippen LogP contribution in [0.15, 0.2) is 12.2 Å². The van der Waals surface area contributed by atoms with Gasteiger partial charge in [0, 0.05) is 0 Å². The maximum absolute atomic E-state index is 10.1. The highest BCUT2D eigenvalue weighted by molar-refractivity contribution is 5.10. The molecule has 1 aliphatic rings. The lowest BCUT2D eigenvalue weighted by molar-refractivity contribution is 0.0234. The average molecular weight is 182 g/mol. The summed E-state index contributed by atoms with van der Waals surface area (Å²) in [6.07, 6.45) is 6.80. The highest BCUT2D eigenvalue weighted by Crippen LogP contribution is 2.37. The Labute approximate surface area is 81.9 Å². The van der Waals surface area contributed by atoms with Gasteiger partial charge in [-0.25, -0.2) is 0 Å². The van der Waals surface area contributed by atoms with E-state index in [1.54, 1.807) is 0 Å². The monoisotopic (exact) mass is 182 g/mol. The van der Waals surface area contributed by atoms with E-state index in [2.05, 4.69) is 13.5 Å². The summed E-state index contributed by atoms with van der Waals surface area (Å²) >= 11 is 0. The van der Waals surface area contributed by atoms with Crippen LogP contribution in [0.4, 0.5) is 0 Å². The summed E-state index contributed by atoms with van der Waals surface area (Å²) < 4.78 is 0. The van der Waals surface area contributed by atoms with Crippen molar-refractivity contribution >= 4 is 0 Å². The zero-order valence-electron chi connectivity index (χ0n) is 8.97. The zero-order valence-corrected chi connectivity index (χ0v) is 8.97. The van der Waals surface area contributed by atoms with Crippen LogP contribution in [0.2, 0.25) is 0 Å². The summed E-state index contributed by atoms with van der Waals surface area (Å²) in [6, 6.07) is 0. The molecule has 0 aromatic rings. The Morgan fingerprint density at radius 3 is 2.38 bits per heavy atom. The highest BCUT2D eigenvalue weighted by Gasteiger charge is 2.33. The largest absolute Gasteiger partial charge is 0.386 e. The van der Waals surface area contributed by atoms with Gasteiger partial charge in [0.15, 0.2) is 0 Å². The third kappa shape index (κ3) is 2.57. The van der Waals surface area contributed by atoms with Crippen molar-refractivity contribution in [3.8, 4) is 0 Å². The van der Waals surface area contributed by atoms with Crippen molar-refractivity contribution in [3.63, 3.8) is 0 Å². The quantitative estimate of drug-likeness (QED) is 0.664. The van der Waals surface area contributed by atoms with Crippen molar-refractivity contribution in [1.82, 2.24) is 0 Å². The SMILES string of the molecule is C=C(C)C1(O)CCC(CCC)CC1. The smallest absolute Gasteiger partial charge is 0.0851 e. The first-order valence-electron chi connectivity index (χ1n) is 5.47. The fourth-order valence-corrected chi connectivity index (χ4v) is 2.28. The van der Waals surface area contributed by atoms with Gasteiger partial charge in [-0.2, -0.15) is 0 Å². The van der Waals surface area contributed by atoms with Crippen molar-refractivity contribution in [2.24, 2.45) is 5.92 Å². The van der Waals surface area contributed by atoms with E-state index in [4.69, 9.17) is 0 Å². The molecule has 0 atom stereocenters. The first-order valence-corrected chi connectivity index (χ1v) is 5.47. The van der Waals surface area contributed by atoms with Crippen LogP contribution >= 0.6 is 0 Å². The Balaban J connectivity index is 2.42. The van der Waals surface area contributed by atoms with Crippen LogP contribution in [0.25, 0.3) is 0 Å². The fraction of sp³-hybridized carbons (Fsp3) is 0.833. The summed E-state index contributed by atoms with van der Waals surface area (Å²) in [5.74, 6) is 0.852. The molecular weight excluding hydrogens is 160 g/mol. The first-order chi connectivity index (χ1) is 6.08. The van der Waals surface area contributed by atoms with Crippen LogP contribution in [-0.4, -0.2) is 10.7 Å². The number of hydrogen-bond acceptors (Lipinski definition) is 1. The topological polar surface area (TPSA) is 20.2 Å². The fourth-order valence-electron chi connectivity index (χ4n) is 2.28. The third-order valence-electron chi connectivity index (χ3n) is 3.42. The van der Waals surface area contributed by atoms with Gasteiger partial charge in [0.2, 0.25) is 0 Å². The molecule has 1 N–H and O–H groups in total. The molecule has 1 aliphatic carbocycles. The van der Waals surface area contributed by atoms with Gasteiger partial charge < -0.3 is 5.11 Å². The normalized spacial score (nSPS) is 34.5. The minimum Gasteiger partial charge on any atom is -0.386 e. The minimum absolute atomic E-state index is 0.537. The number of aliphatic hydroxyl groups is 1. The standard InChI is InChI=1S/C12H22O/c1-4-5-11-6-8-12(13,9-7-11)10(2)3/h11,13H,2,4-9H2,1,3H3. The van der Waals surface area contributed by atoms with E-state index in [-0.39, 0.29) is 0 Å². The minimum atomic E-state index is -0.537. The van der Waals surface area contributed by atoms with Gasteiger partial charge >= 0.3 is 0 Å². The van der Waals surface area contributed by atoms with Crippen molar-refractivity contribution in [1.29, 1.82) is 0 Å². The predicted octanol–water partition coefficient (Wildman–Crippen LogP) is 3.28. The Kier molecular flexibility index (Phi) is 3.55. The molecule has 1 saturated carbocycles. The molecule has 0 aliphatic heterocycles. The van der Waals surface area contributed by atoms with E-state index < -0.39 is 5.60 Å². The van der Waals surface area contributed by atoms with Crippen molar-refractivity contribution in [3.05, 3.63) is 12.2 Å². The second kappa shape index (κ2) is 4.28. The van der Waals surface area contributed by atoms with Gasteiger partial charge in [0.1, 0.15) is 0 Å². The first kappa shape index (κ1) is 10.8. The van der Waals surface area contributed by atoms with Gasteiger partial charge in [-0.1, -0.05) is 26.3 Å². The molecule has 1 heteroatoms. The van der Waals surface area contributed by atoms with Gasteiger partial charge in [-0.15, -0.1) is 0 Å². The van der Waals surface area contributed by atoms with E-state index in [1.165, 1.54) is 25.7 Å². The number of hydrogen-bond donors (Lipinski definition) is 1. The van der Waals surface area contributed by atoms with E-state index in [0.29, 0.717) is 0 Å². The van der Waals surface area contributed by atoms with Crippen molar-refractivity contribution < 1.29 is 5.11 Å². The van der Waals surface area contributed by atoms with Crippen LogP contribution in [0.3, 0.4) is 0 Å². The molecule has 1 rings (SSSR count). The molecule has 0 aromatic heterocycles. The predicted molar refractivity (Wildman–Crippen MR) is 56.6 cm³/mol. The summed E-state index contributed by atoms with van der Waals surface area (Å²) in [5.41, 5.74) is 0.409. The molecule has 0 radical (unpaired) electrons. The lowest BCUT2D eigenvalue weighted by Gasteiger charge is -2.36. The van der Waals surface area contributed by atoms with E-state index in [9.17, 15) is 5.11 Å². The summed E-state index contributed by atoms with van der Waals surface area (Å²) in [4.78, 5) is 0. The number of rotatable bonds is 3. The second-order valence-electron chi connectivity index (χ2n) is 4.54. The molecule has 0 aromatic carbocycles. The van der Waals surface area contributed by atoms with Gasteiger partial charge in [0.25, 0.3) is 0 Å².